The molecule has 1 saturated heterocycles. The number of aromatic nitrogens is 3. The molecule has 0 aromatic carbocycles. The first kappa shape index (κ1) is 17.1. The average Bonchev–Trinajstić information content (AvgIpc) is 3.32. The Kier molecular flexibility index (Phi) is 5.19. The normalized spacial score (nSPS) is 18.8. The quantitative estimate of drug-likeness (QED) is 0.652. The summed E-state index contributed by atoms with van der Waals surface area (Å²) >= 11 is 0. The molecule has 2 aromatic rings. The number of aliphatic imine (C=N–C) groups is 1. The van der Waals surface area contributed by atoms with Gasteiger partial charge in [-0.05, 0) is 12.8 Å². The highest BCUT2D eigenvalue weighted by Gasteiger charge is 2.20. The Morgan fingerprint density at radius 3 is 2.81 bits per heavy atom. The van der Waals surface area contributed by atoms with Crippen LogP contribution in [0.1, 0.15) is 30.1 Å². The molecule has 4 heterocycles. The lowest BCUT2D eigenvalue weighted by Gasteiger charge is -2.36. The van der Waals surface area contributed by atoms with Crippen molar-refractivity contribution in [3.8, 4) is 0 Å². The number of fused-ring (bicyclic) bond motifs is 1. The summed E-state index contributed by atoms with van der Waals surface area (Å²) in [6.07, 6.45) is 7.43. The monoisotopic (exact) mass is 357 g/mol. The fourth-order valence-electron chi connectivity index (χ4n) is 3.72. The van der Waals surface area contributed by atoms with E-state index >= 15 is 0 Å². The van der Waals surface area contributed by atoms with Crippen LogP contribution in [-0.2, 0) is 26.1 Å². The van der Waals surface area contributed by atoms with Crippen molar-refractivity contribution in [2.75, 3.05) is 33.2 Å². The number of hydrogen-bond donors (Lipinski definition) is 1. The molecule has 2 aliphatic rings. The summed E-state index contributed by atoms with van der Waals surface area (Å²) in [5.41, 5.74) is 2.09. The number of aryl methyl sites for hydroxylation is 2. The highest BCUT2D eigenvalue weighted by Crippen LogP contribution is 2.14. The van der Waals surface area contributed by atoms with Crippen LogP contribution < -0.4 is 5.32 Å². The molecule has 0 bridgehead atoms. The number of imidazole rings is 1. The number of nitrogens with zero attached hydrogens (tertiary/aromatic N) is 6. The van der Waals surface area contributed by atoms with E-state index in [9.17, 15) is 0 Å². The summed E-state index contributed by atoms with van der Waals surface area (Å²) in [6, 6.07) is 1.93. The lowest BCUT2D eigenvalue weighted by molar-refractivity contribution is 0.169. The minimum Gasteiger partial charge on any atom is -0.364 e. The van der Waals surface area contributed by atoms with E-state index in [0.29, 0.717) is 0 Å². The molecular weight excluding hydrogens is 330 g/mol. The molecule has 1 N–H and O–H groups in total. The standard InChI is InChI=1S/C18H27N7O/c1-19-18(20-12-16-14-25-6-3-2-4-17(25)21-16)24-9-7-23(8-10-24)13-15-5-11-26-22-15/h5,11,14H,2-4,6-10,12-13H2,1H3,(H,19,20). The fraction of sp³-hybridized carbons (Fsp3) is 0.611. The van der Waals surface area contributed by atoms with Gasteiger partial charge in [-0.15, -0.1) is 0 Å². The van der Waals surface area contributed by atoms with Crippen LogP contribution in [0.4, 0.5) is 0 Å². The Labute approximate surface area is 153 Å². The van der Waals surface area contributed by atoms with E-state index in [2.05, 4.69) is 36.0 Å². The molecular formula is C18H27N7O. The van der Waals surface area contributed by atoms with E-state index in [1.54, 1.807) is 6.26 Å². The zero-order chi connectivity index (χ0) is 17.8. The van der Waals surface area contributed by atoms with Gasteiger partial charge in [0.2, 0.25) is 0 Å². The van der Waals surface area contributed by atoms with Crippen LogP contribution >= 0.6 is 0 Å². The second kappa shape index (κ2) is 7.90. The second-order valence-electron chi connectivity index (χ2n) is 6.95. The highest BCUT2D eigenvalue weighted by molar-refractivity contribution is 5.79. The van der Waals surface area contributed by atoms with E-state index in [0.717, 1.165) is 69.6 Å². The predicted molar refractivity (Wildman–Crippen MR) is 98.7 cm³/mol. The zero-order valence-electron chi connectivity index (χ0n) is 15.4. The largest absolute Gasteiger partial charge is 0.364 e. The van der Waals surface area contributed by atoms with Crippen molar-refractivity contribution in [1.29, 1.82) is 0 Å². The van der Waals surface area contributed by atoms with Crippen LogP contribution in [0.2, 0.25) is 0 Å². The minimum atomic E-state index is 0.728. The summed E-state index contributed by atoms with van der Waals surface area (Å²) < 4.78 is 7.21. The molecule has 8 heteroatoms. The van der Waals surface area contributed by atoms with E-state index in [1.807, 2.05) is 13.1 Å². The Morgan fingerprint density at radius 2 is 2.08 bits per heavy atom. The third kappa shape index (κ3) is 3.90. The maximum Gasteiger partial charge on any atom is 0.194 e. The van der Waals surface area contributed by atoms with Gasteiger partial charge in [-0.3, -0.25) is 9.89 Å². The van der Waals surface area contributed by atoms with Crippen LogP contribution in [-0.4, -0.2) is 63.7 Å². The average molecular weight is 357 g/mol. The Hall–Kier alpha value is -2.35. The summed E-state index contributed by atoms with van der Waals surface area (Å²) in [5.74, 6) is 2.18. The Bertz CT molecular complexity index is 705. The van der Waals surface area contributed by atoms with Crippen LogP contribution in [0.15, 0.2) is 28.0 Å². The SMILES string of the molecule is CN=C(NCc1cn2c(n1)CCCC2)N1CCN(Cc2ccon2)CC1. The molecule has 1 fully saturated rings. The van der Waals surface area contributed by atoms with Gasteiger partial charge in [-0.25, -0.2) is 4.98 Å². The van der Waals surface area contributed by atoms with Crippen LogP contribution in [0, 0.1) is 0 Å². The first-order valence-corrected chi connectivity index (χ1v) is 9.44. The van der Waals surface area contributed by atoms with Gasteiger partial charge in [-0.2, -0.15) is 0 Å². The molecule has 0 saturated carbocycles. The molecule has 0 radical (unpaired) electrons. The molecule has 140 valence electrons. The summed E-state index contributed by atoms with van der Waals surface area (Å²) in [6.45, 7) is 6.57. The first-order chi connectivity index (χ1) is 12.8. The lowest BCUT2D eigenvalue weighted by atomic mass is 10.2. The molecule has 0 amide bonds. The fourth-order valence-corrected chi connectivity index (χ4v) is 3.72. The van der Waals surface area contributed by atoms with Gasteiger partial charge >= 0.3 is 0 Å². The van der Waals surface area contributed by atoms with Gasteiger partial charge in [-0.1, -0.05) is 5.16 Å². The van der Waals surface area contributed by atoms with Crippen molar-refractivity contribution in [3.05, 3.63) is 35.7 Å². The van der Waals surface area contributed by atoms with Crippen LogP contribution in [0.25, 0.3) is 0 Å². The van der Waals surface area contributed by atoms with Gasteiger partial charge in [0.1, 0.15) is 12.1 Å². The molecule has 0 atom stereocenters. The lowest BCUT2D eigenvalue weighted by Crippen LogP contribution is -2.52. The summed E-state index contributed by atoms with van der Waals surface area (Å²) in [4.78, 5) is 13.9. The molecule has 2 aliphatic heterocycles. The van der Waals surface area contributed by atoms with Crippen molar-refractivity contribution in [2.45, 2.75) is 38.9 Å². The Morgan fingerprint density at radius 1 is 1.19 bits per heavy atom. The van der Waals surface area contributed by atoms with Crippen molar-refractivity contribution in [2.24, 2.45) is 4.99 Å². The molecule has 4 rings (SSSR count). The molecule has 0 unspecified atom stereocenters. The summed E-state index contributed by atoms with van der Waals surface area (Å²) in [7, 11) is 1.85. The van der Waals surface area contributed by atoms with Crippen molar-refractivity contribution in [3.63, 3.8) is 0 Å². The van der Waals surface area contributed by atoms with Gasteiger partial charge < -0.3 is 19.3 Å². The maximum atomic E-state index is 4.91. The van der Waals surface area contributed by atoms with Crippen molar-refractivity contribution in [1.82, 2.24) is 29.8 Å². The van der Waals surface area contributed by atoms with Crippen molar-refractivity contribution >= 4 is 5.96 Å². The number of nitrogens with one attached hydrogen (secondary N) is 1. The van der Waals surface area contributed by atoms with Gasteiger partial charge in [0.05, 0.1) is 17.9 Å². The first-order valence-electron chi connectivity index (χ1n) is 9.44. The minimum absolute atomic E-state index is 0.728. The van der Waals surface area contributed by atoms with Gasteiger partial charge in [0.15, 0.2) is 5.96 Å². The molecule has 0 aliphatic carbocycles. The topological polar surface area (TPSA) is 74.7 Å². The highest BCUT2D eigenvalue weighted by atomic mass is 16.5. The van der Waals surface area contributed by atoms with E-state index in [-0.39, 0.29) is 0 Å². The van der Waals surface area contributed by atoms with E-state index < -0.39 is 0 Å². The van der Waals surface area contributed by atoms with Crippen LogP contribution in [0.3, 0.4) is 0 Å². The number of rotatable bonds is 4. The van der Waals surface area contributed by atoms with E-state index in [4.69, 9.17) is 9.51 Å². The smallest absolute Gasteiger partial charge is 0.194 e. The predicted octanol–water partition coefficient (Wildman–Crippen LogP) is 1.10. The van der Waals surface area contributed by atoms with Gasteiger partial charge in [0, 0.05) is 65.0 Å². The molecule has 0 spiro atoms. The van der Waals surface area contributed by atoms with E-state index in [1.165, 1.54) is 18.7 Å². The number of guanidine groups is 1. The second-order valence-corrected chi connectivity index (χ2v) is 6.95. The molecule has 2 aromatic heterocycles. The third-order valence-corrected chi connectivity index (χ3v) is 5.15. The number of piperazine rings is 1. The van der Waals surface area contributed by atoms with Crippen molar-refractivity contribution < 1.29 is 4.52 Å². The van der Waals surface area contributed by atoms with Gasteiger partial charge in [0.25, 0.3) is 0 Å². The molecule has 26 heavy (non-hydrogen) atoms. The summed E-state index contributed by atoms with van der Waals surface area (Å²) in [5, 5.41) is 7.48. The van der Waals surface area contributed by atoms with Crippen LogP contribution in [0.5, 0.6) is 0 Å². The third-order valence-electron chi connectivity index (χ3n) is 5.15. The Balaban J connectivity index is 1.27. The zero-order valence-corrected chi connectivity index (χ0v) is 15.4. The molecule has 8 nitrogen and oxygen atoms in total. The maximum absolute atomic E-state index is 4.91. The number of hydrogen-bond acceptors (Lipinski definition) is 5.